The van der Waals surface area contributed by atoms with E-state index in [1.165, 1.54) is 0 Å². The van der Waals surface area contributed by atoms with Crippen LogP contribution in [0.15, 0.2) is 34.9 Å². The zero-order valence-corrected chi connectivity index (χ0v) is 12.7. The summed E-state index contributed by atoms with van der Waals surface area (Å²) in [6, 6.07) is 9.58. The van der Waals surface area contributed by atoms with Gasteiger partial charge in [0, 0.05) is 6.42 Å². The van der Waals surface area contributed by atoms with Gasteiger partial charge in [-0.15, -0.1) is 0 Å². The van der Waals surface area contributed by atoms with Crippen molar-refractivity contribution >= 4 is 33.3 Å². The van der Waals surface area contributed by atoms with Crippen LogP contribution < -0.4 is 4.74 Å². The van der Waals surface area contributed by atoms with Gasteiger partial charge in [0.2, 0.25) is 0 Å². The molecule has 1 aliphatic rings. The van der Waals surface area contributed by atoms with E-state index in [1.54, 1.807) is 7.11 Å². The summed E-state index contributed by atoms with van der Waals surface area (Å²) < 4.78 is 10.7. The van der Waals surface area contributed by atoms with Crippen molar-refractivity contribution in [1.82, 2.24) is 5.16 Å². The fourth-order valence-corrected chi connectivity index (χ4v) is 3.30. The van der Waals surface area contributed by atoms with Crippen LogP contribution in [0, 0.1) is 0 Å². The van der Waals surface area contributed by atoms with E-state index in [2.05, 4.69) is 5.16 Å². The van der Waals surface area contributed by atoms with Gasteiger partial charge in [-0.25, -0.2) is 0 Å². The number of aromatic nitrogens is 1. The molecule has 4 rings (SSSR count). The van der Waals surface area contributed by atoms with Crippen LogP contribution in [0.4, 0.5) is 0 Å². The number of rotatable bonds is 2. The van der Waals surface area contributed by atoms with Gasteiger partial charge in [0.05, 0.1) is 24.8 Å². The number of nitrogens with zero attached hydrogens (tertiary/aromatic N) is 1. The minimum atomic E-state index is -0.360. The highest BCUT2D eigenvalue weighted by Crippen LogP contribution is 2.37. The largest absolute Gasteiger partial charge is 0.497 e. The van der Waals surface area contributed by atoms with E-state index >= 15 is 0 Å². The summed E-state index contributed by atoms with van der Waals surface area (Å²) in [4.78, 5) is 23.7. The topological polar surface area (TPSA) is 69.4 Å². The summed E-state index contributed by atoms with van der Waals surface area (Å²) in [6.45, 7) is 0. The number of ether oxygens (including phenoxy) is 1. The molecular formula is C18H15NO4. The van der Waals surface area contributed by atoms with Gasteiger partial charge in [-0.05, 0) is 41.5 Å². The Morgan fingerprint density at radius 3 is 2.87 bits per heavy atom. The van der Waals surface area contributed by atoms with Gasteiger partial charge in [-0.1, -0.05) is 11.2 Å². The highest BCUT2D eigenvalue weighted by atomic mass is 16.5. The Kier molecular flexibility index (Phi) is 3.15. The van der Waals surface area contributed by atoms with Crippen molar-refractivity contribution < 1.29 is 18.8 Å². The molecule has 0 N–H and O–H groups in total. The SMILES string of the molecule is COc1ccc2c(ccc3onc([C@@H]4CCC(=O)CC4=O)c32)c1. The van der Waals surface area contributed by atoms with Gasteiger partial charge in [0.1, 0.15) is 23.0 Å². The zero-order chi connectivity index (χ0) is 16.0. The quantitative estimate of drug-likeness (QED) is 0.679. The summed E-state index contributed by atoms with van der Waals surface area (Å²) in [5, 5.41) is 6.98. The van der Waals surface area contributed by atoms with Gasteiger partial charge in [0.15, 0.2) is 5.58 Å². The van der Waals surface area contributed by atoms with Gasteiger partial charge in [-0.2, -0.15) is 0 Å². The van der Waals surface area contributed by atoms with Crippen molar-refractivity contribution in [3.63, 3.8) is 0 Å². The van der Waals surface area contributed by atoms with Crippen molar-refractivity contribution in [1.29, 1.82) is 0 Å². The molecular weight excluding hydrogens is 294 g/mol. The normalized spacial score (nSPS) is 18.7. The Bertz CT molecular complexity index is 941. The molecule has 1 fully saturated rings. The highest BCUT2D eigenvalue weighted by Gasteiger charge is 2.32. The Hall–Kier alpha value is -2.69. The third kappa shape index (κ3) is 2.20. The molecule has 3 aromatic rings. The summed E-state index contributed by atoms with van der Waals surface area (Å²) in [5.41, 5.74) is 1.30. The first-order valence-corrected chi connectivity index (χ1v) is 7.58. The maximum Gasteiger partial charge on any atom is 0.167 e. The van der Waals surface area contributed by atoms with Crippen LogP contribution in [0.3, 0.4) is 0 Å². The average molecular weight is 309 g/mol. The highest BCUT2D eigenvalue weighted by molar-refractivity contribution is 6.11. The zero-order valence-electron chi connectivity index (χ0n) is 12.7. The molecule has 1 aliphatic carbocycles. The molecule has 23 heavy (non-hydrogen) atoms. The summed E-state index contributed by atoms with van der Waals surface area (Å²) in [6.07, 6.45) is 0.923. The van der Waals surface area contributed by atoms with Crippen LogP contribution in [0.5, 0.6) is 5.75 Å². The lowest BCUT2D eigenvalue weighted by Gasteiger charge is -2.17. The molecule has 0 spiro atoms. The van der Waals surface area contributed by atoms with Crippen LogP contribution in [0.1, 0.15) is 30.9 Å². The smallest absolute Gasteiger partial charge is 0.167 e. The molecule has 2 aromatic carbocycles. The standard InChI is InChI=1S/C18H15NO4/c1-22-12-4-6-13-10(8-12)2-7-16-17(13)18(19-23-16)14-5-3-11(20)9-15(14)21/h2,4,6-8,14H,3,5,9H2,1H3/t14-/m1/s1. The van der Waals surface area contributed by atoms with E-state index in [0.29, 0.717) is 24.1 Å². The second-order valence-corrected chi connectivity index (χ2v) is 5.87. The second-order valence-electron chi connectivity index (χ2n) is 5.87. The minimum absolute atomic E-state index is 0.00237. The van der Waals surface area contributed by atoms with E-state index in [4.69, 9.17) is 9.26 Å². The van der Waals surface area contributed by atoms with Crippen molar-refractivity contribution in [2.75, 3.05) is 7.11 Å². The predicted molar refractivity (Wildman–Crippen MR) is 84.7 cm³/mol. The fourth-order valence-electron chi connectivity index (χ4n) is 3.30. The third-order valence-electron chi connectivity index (χ3n) is 4.49. The van der Waals surface area contributed by atoms with Crippen molar-refractivity contribution in [2.45, 2.75) is 25.2 Å². The summed E-state index contributed by atoms with van der Waals surface area (Å²) in [5.74, 6) is 0.353. The molecule has 0 bridgehead atoms. The van der Waals surface area contributed by atoms with E-state index in [0.717, 1.165) is 21.9 Å². The molecule has 1 atom stereocenters. The summed E-state index contributed by atoms with van der Waals surface area (Å²) in [7, 11) is 1.63. The molecule has 0 saturated heterocycles. The number of fused-ring (bicyclic) bond motifs is 3. The monoisotopic (exact) mass is 309 g/mol. The number of hydrogen-bond donors (Lipinski definition) is 0. The molecule has 1 saturated carbocycles. The summed E-state index contributed by atoms with van der Waals surface area (Å²) >= 11 is 0. The first-order valence-electron chi connectivity index (χ1n) is 7.58. The first kappa shape index (κ1) is 13.9. The third-order valence-corrected chi connectivity index (χ3v) is 4.49. The van der Waals surface area contributed by atoms with Gasteiger partial charge < -0.3 is 9.26 Å². The molecule has 1 aromatic heterocycles. The van der Waals surface area contributed by atoms with Crippen molar-refractivity contribution in [3.05, 3.63) is 36.0 Å². The molecule has 5 nitrogen and oxygen atoms in total. The van der Waals surface area contributed by atoms with Crippen LogP contribution >= 0.6 is 0 Å². The number of methoxy groups -OCH3 is 1. The van der Waals surface area contributed by atoms with Gasteiger partial charge in [0.25, 0.3) is 0 Å². The lowest BCUT2D eigenvalue weighted by Crippen LogP contribution is -2.23. The number of hydrogen-bond acceptors (Lipinski definition) is 5. The van der Waals surface area contributed by atoms with E-state index in [-0.39, 0.29) is 23.9 Å². The Balaban J connectivity index is 1.92. The van der Waals surface area contributed by atoms with E-state index < -0.39 is 0 Å². The molecule has 1 heterocycles. The molecule has 116 valence electrons. The fraction of sp³-hybridized carbons (Fsp3) is 0.278. The number of Topliss-reactive ketones (excluding diaryl/α,β-unsaturated/α-hetero) is 2. The lowest BCUT2D eigenvalue weighted by atomic mass is 9.83. The Morgan fingerprint density at radius 2 is 2.09 bits per heavy atom. The van der Waals surface area contributed by atoms with E-state index in [9.17, 15) is 9.59 Å². The van der Waals surface area contributed by atoms with Crippen LogP contribution in [0.2, 0.25) is 0 Å². The molecule has 0 aliphatic heterocycles. The number of ketones is 2. The van der Waals surface area contributed by atoms with Gasteiger partial charge in [-0.3, -0.25) is 9.59 Å². The molecule has 0 unspecified atom stereocenters. The maximum atomic E-state index is 12.3. The second kappa shape index (κ2) is 5.19. The van der Waals surface area contributed by atoms with E-state index in [1.807, 2.05) is 30.3 Å². The average Bonchev–Trinajstić information content (AvgIpc) is 2.98. The minimum Gasteiger partial charge on any atom is -0.497 e. The predicted octanol–water partition coefficient (Wildman–Crippen LogP) is 3.40. The molecule has 0 radical (unpaired) electrons. The first-order chi connectivity index (χ1) is 11.2. The van der Waals surface area contributed by atoms with Gasteiger partial charge >= 0.3 is 0 Å². The van der Waals surface area contributed by atoms with Crippen molar-refractivity contribution in [2.24, 2.45) is 0 Å². The van der Waals surface area contributed by atoms with Crippen molar-refractivity contribution in [3.8, 4) is 5.75 Å². The molecule has 5 heteroatoms. The Labute approximate surface area is 132 Å². The maximum absolute atomic E-state index is 12.3. The lowest BCUT2D eigenvalue weighted by molar-refractivity contribution is -0.130. The van der Waals surface area contributed by atoms with Crippen LogP contribution in [0.25, 0.3) is 21.7 Å². The number of carbonyl (C=O) groups excluding carboxylic acids is 2. The Morgan fingerprint density at radius 1 is 1.22 bits per heavy atom. The number of carbonyl (C=O) groups is 2. The molecule has 0 amide bonds. The van der Waals surface area contributed by atoms with Crippen LogP contribution in [-0.4, -0.2) is 23.8 Å². The van der Waals surface area contributed by atoms with Crippen LogP contribution in [-0.2, 0) is 9.59 Å². The number of benzene rings is 2.